The molecule has 1 rings (SSSR count). The van der Waals surface area contributed by atoms with Crippen molar-refractivity contribution >= 4 is 14.5 Å². The molecule has 0 saturated carbocycles. The Bertz CT molecular complexity index is 414. The first kappa shape index (κ1) is 11.6. The van der Waals surface area contributed by atoms with Crippen molar-refractivity contribution in [1.29, 1.82) is 0 Å². The van der Waals surface area contributed by atoms with E-state index in [1.165, 1.54) is 12.1 Å². The molecule has 15 heavy (non-hydrogen) atoms. The average molecular weight is 279 g/mol. The molecule has 0 radical (unpaired) electrons. The van der Waals surface area contributed by atoms with E-state index in [4.69, 9.17) is 8.19 Å². The van der Waals surface area contributed by atoms with Crippen molar-refractivity contribution in [1.82, 2.24) is 0 Å². The third-order valence-corrected chi connectivity index (χ3v) is 2.15. The van der Waals surface area contributed by atoms with Gasteiger partial charge in [0.05, 0.1) is 0 Å². The number of para-hydroxylation sites is 2. The van der Waals surface area contributed by atoms with E-state index in [9.17, 15) is 13.9 Å². The molecule has 0 atom stereocenters. The Kier molecular flexibility index (Phi) is 3.35. The molecule has 0 aliphatic carbocycles. The number of nitrogens with zero attached hydrogens (tertiary/aromatic N) is 1. The second-order valence-electron chi connectivity index (χ2n) is 2.34. The van der Waals surface area contributed by atoms with Crippen LogP contribution >= 0.6 is 0 Å². The molecule has 0 heterocycles. The summed E-state index contributed by atoms with van der Waals surface area (Å²) in [6.45, 7) is 0. The van der Waals surface area contributed by atoms with E-state index in [0.29, 0.717) is 0 Å². The van der Waals surface area contributed by atoms with Gasteiger partial charge in [0, 0.05) is 0 Å². The fourth-order valence-corrected chi connectivity index (χ4v) is 1.66. The van der Waals surface area contributed by atoms with E-state index in [0.717, 1.165) is 12.1 Å². The first-order chi connectivity index (χ1) is 6.88. The minimum absolute atomic E-state index is 0.368. The van der Waals surface area contributed by atoms with Crippen LogP contribution in [0.15, 0.2) is 24.3 Å². The van der Waals surface area contributed by atoms with Gasteiger partial charge in [-0.15, -0.1) is 0 Å². The summed E-state index contributed by atoms with van der Waals surface area (Å²) in [6.07, 6.45) is 0. The molecule has 2 N–H and O–H groups in total. The van der Waals surface area contributed by atoms with Crippen LogP contribution in [0.2, 0.25) is 0 Å². The third kappa shape index (κ3) is 4.03. The first-order valence-corrected chi connectivity index (χ1v) is 6.76. The van der Waals surface area contributed by atoms with Crippen LogP contribution in [0.3, 0.4) is 0 Å². The fraction of sp³-hybridized carbons (Fsp3) is 0. The molecule has 1 aromatic carbocycles. The van der Waals surface area contributed by atoms with Crippen LogP contribution < -0.4 is 8.56 Å². The molecule has 0 aliphatic heterocycles. The summed E-state index contributed by atoms with van der Waals surface area (Å²) in [4.78, 5) is 14.1. The number of rotatable bonds is 4. The van der Waals surface area contributed by atoms with E-state index in [1.807, 2.05) is 0 Å². The summed E-state index contributed by atoms with van der Waals surface area (Å²) in [7, 11) is 0. The summed E-state index contributed by atoms with van der Waals surface area (Å²) < 4.78 is 31.9. The monoisotopic (exact) mass is 279 g/mol. The van der Waals surface area contributed by atoms with Crippen LogP contribution in [0.4, 0.5) is 0 Å². The molecule has 82 valence electrons. The molecule has 0 unspecified atom stereocenters. The Balaban J connectivity index is 2.96. The van der Waals surface area contributed by atoms with E-state index in [-0.39, 0.29) is 11.5 Å². The van der Waals surface area contributed by atoms with Gasteiger partial charge in [0.25, 0.3) is 0 Å². The Morgan fingerprint density at radius 1 is 1.27 bits per heavy atom. The van der Waals surface area contributed by atoms with Crippen LogP contribution in [0.25, 0.3) is 0 Å². The zero-order valence-electron chi connectivity index (χ0n) is 7.14. The topological polar surface area (TPSA) is 119 Å². The van der Waals surface area contributed by atoms with Gasteiger partial charge < -0.3 is 0 Å². The van der Waals surface area contributed by atoms with Crippen molar-refractivity contribution < 1.29 is 25.6 Å². The maximum atomic E-state index is 10.5. The van der Waals surface area contributed by atoms with E-state index >= 15 is 0 Å². The zero-order valence-corrected chi connectivity index (χ0v) is 9.02. The Labute approximate surface area is 86.5 Å². The summed E-state index contributed by atoms with van der Waals surface area (Å²) in [6, 6.07) is 5.11. The van der Waals surface area contributed by atoms with Crippen LogP contribution in [0, 0.1) is 10.1 Å². The second-order valence-corrected chi connectivity index (χ2v) is 4.79. The van der Waals surface area contributed by atoms with Crippen molar-refractivity contribution in [2.45, 2.75) is 0 Å². The standard InChI is InChI=1S/C6H6AsNO7/c9-7(10,11)14-5-3-1-2-4-6(5)15-8(12)13/h1-4H,(H2,9,10,11). The van der Waals surface area contributed by atoms with E-state index in [1.54, 1.807) is 0 Å². The number of hydrogen-bond acceptors (Lipinski definition) is 5. The zero-order chi connectivity index (χ0) is 11.5. The number of hydrogen-bond donors (Lipinski definition) is 2. The third-order valence-electron chi connectivity index (χ3n) is 1.24. The molecular weight excluding hydrogens is 273 g/mol. The maximum absolute atomic E-state index is 10.5. The molecule has 0 aromatic heterocycles. The van der Waals surface area contributed by atoms with Gasteiger partial charge in [-0.3, -0.25) is 0 Å². The summed E-state index contributed by atoms with van der Waals surface area (Å²) in [5.41, 5.74) is 0. The molecule has 0 spiro atoms. The fourth-order valence-electron chi connectivity index (χ4n) is 0.809. The van der Waals surface area contributed by atoms with E-state index < -0.39 is 19.6 Å². The van der Waals surface area contributed by atoms with Gasteiger partial charge in [-0.05, 0) is 0 Å². The van der Waals surface area contributed by atoms with Gasteiger partial charge >= 0.3 is 86.0 Å². The molecule has 8 nitrogen and oxygen atoms in total. The van der Waals surface area contributed by atoms with E-state index in [2.05, 4.69) is 8.56 Å². The van der Waals surface area contributed by atoms with Crippen LogP contribution in [0.5, 0.6) is 11.5 Å². The summed E-state index contributed by atoms with van der Waals surface area (Å²) >= 11 is -5.36. The molecule has 1 aromatic rings. The molecule has 0 saturated heterocycles. The van der Waals surface area contributed by atoms with Gasteiger partial charge in [-0.25, -0.2) is 0 Å². The minimum atomic E-state index is -5.36. The van der Waals surface area contributed by atoms with Gasteiger partial charge in [-0.2, -0.15) is 0 Å². The van der Waals surface area contributed by atoms with Crippen molar-refractivity contribution in [2.24, 2.45) is 0 Å². The molecule has 0 aliphatic rings. The number of benzene rings is 1. The van der Waals surface area contributed by atoms with Crippen LogP contribution in [0.1, 0.15) is 0 Å². The normalized spacial score (nSPS) is 10.8. The first-order valence-electron chi connectivity index (χ1n) is 3.55. The molecule has 0 amide bonds. The Morgan fingerprint density at radius 2 is 1.80 bits per heavy atom. The average Bonchev–Trinajstić information content (AvgIpc) is 2.05. The molecule has 0 bridgehead atoms. The van der Waals surface area contributed by atoms with Crippen molar-refractivity contribution in [3.05, 3.63) is 34.4 Å². The SMILES string of the molecule is O=[N+]([O-])Oc1ccccc1O[As](=O)(O)O. The van der Waals surface area contributed by atoms with Gasteiger partial charge in [-0.1, -0.05) is 0 Å². The van der Waals surface area contributed by atoms with Gasteiger partial charge in [0.2, 0.25) is 0 Å². The van der Waals surface area contributed by atoms with Crippen LogP contribution in [-0.2, 0) is 3.74 Å². The van der Waals surface area contributed by atoms with Gasteiger partial charge in [0.15, 0.2) is 0 Å². The van der Waals surface area contributed by atoms with Crippen molar-refractivity contribution in [3.63, 3.8) is 0 Å². The predicted molar refractivity (Wildman–Crippen MR) is 45.6 cm³/mol. The van der Waals surface area contributed by atoms with Gasteiger partial charge in [0.1, 0.15) is 0 Å². The second kappa shape index (κ2) is 4.35. The molecule has 0 fully saturated rings. The van der Waals surface area contributed by atoms with Crippen LogP contribution in [-0.4, -0.2) is 27.8 Å². The molecule has 9 heteroatoms. The Hall–Kier alpha value is -1.50. The summed E-state index contributed by atoms with van der Waals surface area (Å²) in [5, 5.41) is 8.92. The predicted octanol–water partition coefficient (Wildman–Crippen LogP) is -0.513. The quantitative estimate of drug-likeness (QED) is 0.432. The summed E-state index contributed by atoms with van der Waals surface area (Å²) in [5.74, 6) is -0.742. The molecular formula is C6H6AsNO7. The van der Waals surface area contributed by atoms with Crippen molar-refractivity contribution in [2.75, 3.05) is 0 Å². The Morgan fingerprint density at radius 3 is 2.27 bits per heavy atom. The van der Waals surface area contributed by atoms with Crippen molar-refractivity contribution in [3.8, 4) is 11.5 Å².